The Morgan fingerprint density at radius 3 is 2.50 bits per heavy atom. The van der Waals surface area contributed by atoms with Crippen LogP contribution in [0.15, 0.2) is 42.6 Å². The highest BCUT2D eigenvalue weighted by molar-refractivity contribution is 6.29. The van der Waals surface area contributed by atoms with E-state index in [1.165, 1.54) is 11.8 Å². The molecular formula is C18H20ClN3O2. The monoisotopic (exact) mass is 345 g/mol. The van der Waals surface area contributed by atoms with Crippen LogP contribution in [-0.4, -0.2) is 42.1 Å². The third-order valence-electron chi connectivity index (χ3n) is 3.98. The minimum absolute atomic E-state index is 0.156. The quantitative estimate of drug-likeness (QED) is 0.846. The molecular weight excluding hydrogens is 326 g/mol. The molecule has 126 valence electrons. The van der Waals surface area contributed by atoms with E-state index in [0.29, 0.717) is 17.3 Å². The number of carbonyl (C=O) groups is 1. The summed E-state index contributed by atoms with van der Waals surface area (Å²) in [6.45, 7) is 5.00. The summed E-state index contributed by atoms with van der Waals surface area (Å²) in [5, 5.41) is 3.26. The predicted molar refractivity (Wildman–Crippen MR) is 93.0 cm³/mol. The van der Waals surface area contributed by atoms with Gasteiger partial charge in [0.25, 0.3) is 5.91 Å². The molecule has 1 fully saturated rings. The minimum atomic E-state index is -0.156. The topological polar surface area (TPSA) is 54.5 Å². The molecule has 1 aliphatic rings. The van der Waals surface area contributed by atoms with Crippen LogP contribution in [0.5, 0.6) is 0 Å². The van der Waals surface area contributed by atoms with E-state index in [1.54, 1.807) is 12.1 Å². The number of rotatable bonds is 5. The highest BCUT2D eigenvalue weighted by Crippen LogP contribution is 2.10. The lowest BCUT2D eigenvalue weighted by molar-refractivity contribution is 0.0342. The van der Waals surface area contributed by atoms with Crippen LogP contribution in [0.1, 0.15) is 21.5 Å². The number of hydrogen-bond acceptors (Lipinski definition) is 4. The molecule has 1 aromatic heterocycles. The first kappa shape index (κ1) is 16.9. The Hall–Kier alpha value is -1.95. The fourth-order valence-electron chi connectivity index (χ4n) is 2.57. The average Bonchev–Trinajstić information content (AvgIpc) is 2.62. The molecule has 0 unspecified atom stereocenters. The van der Waals surface area contributed by atoms with Crippen molar-refractivity contribution in [3.05, 3.63) is 64.4 Å². The van der Waals surface area contributed by atoms with Crippen molar-refractivity contribution >= 4 is 17.5 Å². The molecule has 1 saturated heterocycles. The first-order chi connectivity index (χ1) is 11.7. The number of halogens is 1. The summed E-state index contributed by atoms with van der Waals surface area (Å²) >= 11 is 5.72. The summed E-state index contributed by atoms with van der Waals surface area (Å²) in [4.78, 5) is 18.3. The summed E-state index contributed by atoms with van der Waals surface area (Å²) in [5.74, 6) is -0.156. The number of amides is 1. The van der Waals surface area contributed by atoms with Crippen molar-refractivity contribution in [3.8, 4) is 0 Å². The molecule has 1 amide bonds. The fourth-order valence-corrected chi connectivity index (χ4v) is 2.69. The maximum atomic E-state index is 12.0. The van der Waals surface area contributed by atoms with Gasteiger partial charge in [0.05, 0.1) is 18.8 Å². The van der Waals surface area contributed by atoms with Gasteiger partial charge < -0.3 is 10.1 Å². The smallest absolute Gasteiger partial charge is 0.253 e. The van der Waals surface area contributed by atoms with Gasteiger partial charge in [-0.15, -0.1) is 0 Å². The number of carbonyl (C=O) groups excluding carboxylic acids is 1. The van der Waals surface area contributed by atoms with Gasteiger partial charge in [-0.25, -0.2) is 4.98 Å². The van der Waals surface area contributed by atoms with Crippen LogP contribution in [0.3, 0.4) is 0 Å². The lowest BCUT2D eigenvalue weighted by Crippen LogP contribution is -2.35. The Balaban J connectivity index is 1.50. The summed E-state index contributed by atoms with van der Waals surface area (Å²) in [6.07, 6.45) is 1.48. The number of aromatic nitrogens is 1. The fraction of sp³-hybridized carbons (Fsp3) is 0.333. The van der Waals surface area contributed by atoms with Gasteiger partial charge in [-0.3, -0.25) is 9.69 Å². The van der Waals surface area contributed by atoms with E-state index in [0.717, 1.165) is 38.4 Å². The van der Waals surface area contributed by atoms with Gasteiger partial charge in [-0.1, -0.05) is 35.9 Å². The van der Waals surface area contributed by atoms with Gasteiger partial charge in [-0.05, 0) is 23.3 Å². The molecule has 5 nitrogen and oxygen atoms in total. The third kappa shape index (κ3) is 4.77. The second kappa shape index (κ2) is 8.24. The zero-order valence-corrected chi connectivity index (χ0v) is 14.1. The first-order valence-corrected chi connectivity index (χ1v) is 8.36. The second-order valence-electron chi connectivity index (χ2n) is 5.76. The second-order valence-corrected chi connectivity index (χ2v) is 6.14. The largest absolute Gasteiger partial charge is 0.379 e. The highest BCUT2D eigenvalue weighted by atomic mass is 35.5. The first-order valence-electron chi connectivity index (χ1n) is 7.98. The van der Waals surface area contributed by atoms with Crippen LogP contribution >= 0.6 is 11.6 Å². The van der Waals surface area contributed by atoms with E-state index in [4.69, 9.17) is 16.3 Å². The number of benzene rings is 1. The summed E-state index contributed by atoms with van der Waals surface area (Å²) < 4.78 is 5.36. The Bertz CT molecular complexity index is 668. The van der Waals surface area contributed by atoms with E-state index < -0.39 is 0 Å². The number of hydrogen-bond donors (Lipinski definition) is 1. The van der Waals surface area contributed by atoms with Crippen molar-refractivity contribution < 1.29 is 9.53 Å². The van der Waals surface area contributed by atoms with Crippen LogP contribution < -0.4 is 5.32 Å². The Morgan fingerprint density at radius 1 is 1.12 bits per heavy atom. The van der Waals surface area contributed by atoms with Crippen molar-refractivity contribution in [2.24, 2.45) is 0 Å². The third-order valence-corrected chi connectivity index (χ3v) is 4.20. The molecule has 24 heavy (non-hydrogen) atoms. The molecule has 1 aromatic carbocycles. The molecule has 0 bridgehead atoms. The predicted octanol–water partition coefficient (Wildman–Crippen LogP) is 2.50. The number of ether oxygens (including phenoxy) is 1. The van der Waals surface area contributed by atoms with Gasteiger partial charge in [-0.2, -0.15) is 0 Å². The molecule has 0 spiro atoms. The lowest BCUT2D eigenvalue weighted by atomic mass is 10.1. The number of nitrogens with one attached hydrogen (secondary N) is 1. The van der Waals surface area contributed by atoms with Crippen molar-refractivity contribution in [3.63, 3.8) is 0 Å². The van der Waals surface area contributed by atoms with Crippen LogP contribution in [0.2, 0.25) is 5.15 Å². The van der Waals surface area contributed by atoms with Crippen molar-refractivity contribution in [2.45, 2.75) is 13.1 Å². The van der Waals surface area contributed by atoms with Gasteiger partial charge in [0.1, 0.15) is 5.15 Å². The molecule has 0 radical (unpaired) electrons. The maximum Gasteiger partial charge on any atom is 0.253 e. The van der Waals surface area contributed by atoms with E-state index in [-0.39, 0.29) is 5.91 Å². The van der Waals surface area contributed by atoms with Gasteiger partial charge >= 0.3 is 0 Å². The molecule has 0 atom stereocenters. The molecule has 0 saturated carbocycles. The summed E-state index contributed by atoms with van der Waals surface area (Å²) in [6, 6.07) is 11.6. The van der Waals surface area contributed by atoms with Crippen LogP contribution in [0.4, 0.5) is 0 Å². The SMILES string of the molecule is O=C(NCc1ccc(CN2CCOCC2)cc1)c1ccc(Cl)nc1. The zero-order chi connectivity index (χ0) is 16.8. The maximum absolute atomic E-state index is 12.0. The number of pyridine rings is 1. The van der Waals surface area contributed by atoms with Crippen LogP contribution in [0, 0.1) is 0 Å². The molecule has 1 aliphatic heterocycles. The van der Waals surface area contributed by atoms with Crippen molar-refractivity contribution in [2.75, 3.05) is 26.3 Å². The lowest BCUT2D eigenvalue weighted by Gasteiger charge is -2.26. The number of morpholine rings is 1. The van der Waals surface area contributed by atoms with Gasteiger partial charge in [0.15, 0.2) is 0 Å². The van der Waals surface area contributed by atoms with E-state index >= 15 is 0 Å². The summed E-state index contributed by atoms with van der Waals surface area (Å²) in [7, 11) is 0. The summed E-state index contributed by atoms with van der Waals surface area (Å²) in [5.41, 5.74) is 2.84. The van der Waals surface area contributed by atoms with E-state index in [2.05, 4.69) is 39.5 Å². The molecule has 2 heterocycles. The normalized spacial score (nSPS) is 15.2. The molecule has 3 rings (SSSR count). The van der Waals surface area contributed by atoms with E-state index in [1.807, 2.05) is 0 Å². The van der Waals surface area contributed by atoms with Crippen LogP contribution in [0.25, 0.3) is 0 Å². The zero-order valence-electron chi connectivity index (χ0n) is 13.4. The Morgan fingerprint density at radius 2 is 1.83 bits per heavy atom. The van der Waals surface area contributed by atoms with Gasteiger partial charge in [0, 0.05) is 32.4 Å². The van der Waals surface area contributed by atoms with Crippen LogP contribution in [-0.2, 0) is 17.8 Å². The minimum Gasteiger partial charge on any atom is -0.379 e. The van der Waals surface area contributed by atoms with E-state index in [9.17, 15) is 4.79 Å². The molecule has 0 aliphatic carbocycles. The van der Waals surface area contributed by atoms with Crippen molar-refractivity contribution in [1.29, 1.82) is 0 Å². The number of nitrogens with zero attached hydrogens (tertiary/aromatic N) is 2. The average molecular weight is 346 g/mol. The van der Waals surface area contributed by atoms with Gasteiger partial charge in [0.2, 0.25) is 0 Å². The highest BCUT2D eigenvalue weighted by Gasteiger charge is 2.10. The molecule has 1 N–H and O–H groups in total. The Labute approximate surface area is 146 Å². The standard InChI is InChI=1S/C18H20ClN3O2/c19-17-6-5-16(12-20-17)18(23)21-11-14-1-3-15(4-2-14)13-22-7-9-24-10-8-22/h1-6,12H,7-11,13H2,(H,21,23). The molecule has 6 heteroatoms. The Kier molecular flexibility index (Phi) is 5.80. The van der Waals surface area contributed by atoms with Crippen molar-refractivity contribution in [1.82, 2.24) is 15.2 Å². The molecule has 2 aromatic rings.